The van der Waals surface area contributed by atoms with Gasteiger partial charge in [0.25, 0.3) is 0 Å². The number of methoxy groups -OCH3 is 1. The number of amides is 1. The average Bonchev–Trinajstić information content (AvgIpc) is 3.36. The molecule has 0 aliphatic heterocycles. The number of aromatic amines is 2. The maximum atomic E-state index is 12.6. The first kappa shape index (κ1) is 20.9. The topological polar surface area (TPSA) is 87.7 Å². The molecule has 8 heteroatoms. The van der Waals surface area contributed by atoms with Crippen LogP contribution in [0.25, 0.3) is 22.2 Å². The molecule has 31 heavy (non-hydrogen) atoms. The molecule has 4 rings (SSSR count). The molecule has 2 heterocycles. The van der Waals surface area contributed by atoms with E-state index in [1.165, 1.54) is 0 Å². The largest absolute Gasteiger partial charge is 0.497 e. The van der Waals surface area contributed by atoms with E-state index < -0.39 is 0 Å². The molecule has 2 aromatic heterocycles. The Morgan fingerprint density at radius 3 is 2.71 bits per heavy atom. The van der Waals surface area contributed by atoms with Gasteiger partial charge in [-0.3, -0.25) is 9.89 Å². The van der Waals surface area contributed by atoms with Crippen molar-refractivity contribution in [1.82, 2.24) is 25.1 Å². The number of H-pyrrole nitrogens is 2. The lowest BCUT2D eigenvalue weighted by atomic mass is 10.0. The van der Waals surface area contributed by atoms with Crippen LogP contribution in [0.15, 0.2) is 48.5 Å². The molecule has 0 aliphatic carbocycles. The molecule has 2 aromatic carbocycles. The van der Waals surface area contributed by atoms with Gasteiger partial charge in [-0.05, 0) is 67.0 Å². The summed E-state index contributed by atoms with van der Waals surface area (Å²) in [6.45, 7) is 3.05. The highest BCUT2D eigenvalue weighted by molar-refractivity contribution is 7.71. The Labute approximate surface area is 185 Å². The molecule has 7 nitrogen and oxygen atoms in total. The molecule has 0 spiro atoms. The van der Waals surface area contributed by atoms with Gasteiger partial charge in [0.1, 0.15) is 5.75 Å². The molecule has 160 valence electrons. The van der Waals surface area contributed by atoms with Crippen molar-refractivity contribution in [2.45, 2.75) is 32.9 Å². The van der Waals surface area contributed by atoms with Gasteiger partial charge in [0.15, 0.2) is 10.6 Å². The molecule has 4 aromatic rings. The smallest absolute Gasteiger partial charge is 0.220 e. The number of ether oxygens (including phenoxy) is 1. The number of aromatic nitrogens is 4. The fraction of sp³-hybridized carbons (Fsp3) is 0.261. The van der Waals surface area contributed by atoms with Crippen molar-refractivity contribution in [3.63, 3.8) is 0 Å². The number of para-hydroxylation sites is 1. The number of nitrogens with zero attached hydrogens (tertiary/aromatic N) is 2. The van der Waals surface area contributed by atoms with Gasteiger partial charge in [-0.25, -0.2) is 0 Å². The highest BCUT2D eigenvalue weighted by Crippen LogP contribution is 2.32. The number of nitrogens with one attached hydrogen (secondary N) is 3. The molecule has 3 N–H and O–H groups in total. The van der Waals surface area contributed by atoms with Crippen molar-refractivity contribution in [3.05, 3.63) is 64.7 Å². The van der Waals surface area contributed by atoms with E-state index in [4.69, 9.17) is 17.0 Å². The van der Waals surface area contributed by atoms with Crippen LogP contribution >= 0.6 is 12.2 Å². The Hall–Kier alpha value is -3.39. The summed E-state index contributed by atoms with van der Waals surface area (Å²) in [6, 6.07) is 16.1. The van der Waals surface area contributed by atoms with Crippen LogP contribution in [-0.2, 0) is 24.3 Å². The first-order chi connectivity index (χ1) is 15.1. The average molecular weight is 436 g/mol. The van der Waals surface area contributed by atoms with Gasteiger partial charge in [-0.1, -0.05) is 18.2 Å². The molecule has 0 saturated heterocycles. The fourth-order valence-electron chi connectivity index (χ4n) is 3.78. The Morgan fingerprint density at radius 1 is 1.19 bits per heavy atom. The third kappa shape index (κ3) is 4.39. The summed E-state index contributed by atoms with van der Waals surface area (Å²) in [5, 5.41) is 11.1. The van der Waals surface area contributed by atoms with Gasteiger partial charge in [0, 0.05) is 29.6 Å². The van der Waals surface area contributed by atoms with E-state index in [9.17, 15) is 4.79 Å². The quantitative estimate of drug-likeness (QED) is 0.359. The van der Waals surface area contributed by atoms with Crippen LogP contribution in [-0.4, -0.2) is 32.8 Å². The van der Waals surface area contributed by atoms with E-state index in [-0.39, 0.29) is 5.91 Å². The molecular weight excluding hydrogens is 410 g/mol. The molecule has 0 fully saturated rings. The number of benzene rings is 2. The van der Waals surface area contributed by atoms with Crippen molar-refractivity contribution in [2.24, 2.45) is 0 Å². The fourth-order valence-corrected chi connectivity index (χ4v) is 4.06. The Kier molecular flexibility index (Phi) is 6.18. The molecule has 0 saturated carbocycles. The third-order valence-electron chi connectivity index (χ3n) is 5.39. The predicted molar refractivity (Wildman–Crippen MR) is 124 cm³/mol. The highest BCUT2D eigenvalue weighted by atomic mass is 32.1. The second-order valence-electron chi connectivity index (χ2n) is 7.22. The summed E-state index contributed by atoms with van der Waals surface area (Å²) < 4.78 is 7.71. The molecule has 0 bridgehead atoms. The third-order valence-corrected chi connectivity index (χ3v) is 5.70. The monoisotopic (exact) mass is 435 g/mol. The van der Waals surface area contributed by atoms with Gasteiger partial charge >= 0.3 is 0 Å². The normalized spacial score (nSPS) is 11.0. The van der Waals surface area contributed by atoms with Crippen LogP contribution in [0, 0.1) is 4.77 Å². The second kappa shape index (κ2) is 9.18. The van der Waals surface area contributed by atoms with Crippen molar-refractivity contribution in [1.29, 1.82) is 0 Å². The lowest BCUT2D eigenvalue weighted by Crippen LogP contribution is -2.25. The van der Waals surface area contributed by atoms with Gasteiger partial charge < -0.3 is 19.6 Å². The van der Waals surface area contributed by atoms with Crippen LogP contribution in [0.5, 0.6) is 5.75 Å². The van der Waals surface area contributed by atoms with E-state index in [0.717, 1.165) is 39.3 Å². The molecule has 0 unspecified atom stereocenters. The Bertz CT molecular complexity index is 1250. The van der Waals surface area contributed by atoms with Crippen molar-refractivity contribution in [3.8, 4) is 17.0 Å². The van der Waals surface area contributed by atoms with E-state index in [2.05, 4.69) is 32.6 Å². The number of aryl methyl sites for hydroxylation is 1. The van der Waals surface area contributed by atoms with Gasteiger partial charge in [0.05, 0.1) is 13.7 Å². The van der Waals surface area contributed by atoms with Crippen LogP contribution in [0.2, 0.25) is 0 Å². The maximum absolute atomic E-state index is 12.6. The van der Waals surface area contributed by atoms with Crippen molar-refractivity contribution >= 4 is 29.0 Å². The van der Waals surface area contributed by atoms with E-state index in [1.807, 2.05) is 47.9 Å². The molecule has 0 radical (unpaired) electrons. The van der Waals surface area contributed by atoms with E-state index in [1.54, 1.807) is 7.11 Å². The van der Waals surface area contributed by atoms with Crippen LogP contribution in [0.4, 0.5) is 0 Å². The minimum absolute atomic E-state index is 0.0254. The number of carbonyl (C=O) groups is 1. The summed E-state index contributed by atoms with van der Waals surface area (Å²) in [4.78, 5) is 16.1. The lowest BCUT2D eigenvalue weighted by Gasteiger charge is -2.08. The first-order valence-corrected chi connectivity index (χ1v) is 10.7. The van der Waals surface area contributed by atoms with Crippen molar-refractivity contribution < 1.29 is 9.53 Å². The summed E-state index contributed by atoms with van der Waals surface area (Å²) in [5.41, 5.74) is 4.28. The minimum atomic E-state index is -0.0254. The predicted octanol–water partition coefficient (Wildman–Crippen LogP) is 4.37. The lowest BCUT2D eigenvalue weighted by molar-refractivity contribution is -0.121. The van der Waals surface area contributed by atoms with Gasteiger partial charge in [-0.2, -0.15) is 5.10 Å². The van der Waals surface area contributed by atoms with Crippen molar-refractivity contribution in [2.75, 3.05) is 7.11 Å². The van der Waals surface area contributed by atoms with E-state index in [0.29, 0.717) is 30.7 Å². The summed E-state index contributed by atoms with van der Waals surface area (Å²) in [7, 11) is 1.66. The Balaban J connectivity index is 1.52. The zero-order chi connectivity index (χ0) is 21.8. The minimum Gasteiger partial charge on any atom is -0.497 e. The zero-order valence-electron chi connectivity index (χ0n) is 17.6. The number of rotatable bonds is 8. The number of carbonyl (C=O) groups excluding carboxylic acids is 1. The Morgan fingerprint density at radius 2 is 1.97 bits per heavy atom. The molecule has 1 amide bonds. The standard InChI is InChI=1S/C23H25N5O2S/c1-3-28-20(26-27-23(28)31)14-24-21(29)13-12-18-17-6-4-5-7-19(17)25-22(18)15-8-10-16(30-2)11-9-15/h4-11,25H,3,12-14H2,1-2H3,(H,24,29)(H,27,31). The van der Waals surface area contributed by atoms with Crippen LogP contribution < -0.4 is 10.1 Å². The van der Waals surface area contributed by atoms with Crippen LogP contribution in [0.1, 0.15) is 24.7 Å². The maximum Gasteiger partial charge on any atom is 0.220 e. The SMILES string of the molecule is CCn1c(CNC(=O)CCc2c(-c3ccc(OC)cc3)[nH]c3ccccc23)n[nH]c1=S. The summed E-state index contributed by atoms with van der Waals surface area (Å²) in [5.74, 6) is 1.51. The number of hydrogen-bond donors (Lipinski definition) is 3. The molecule has 0 aliphatic rings. The highest BCUT2D eigenvalue weighted by Gasteiger charge is 2.15. The van der Waals surface area contributed by atoms with Gasteiger partial charge in [0.2, 0.25) is 5.91 Å². The summed E-state index contributed by atoms with van der Waals surface area (Å²) >= 11 is 5.20. The van der Waals surface area contributed by atoms with E-state index >= 15 is 0 Å². The van der Waals surface area contributed by atoms with Crippen LogP contribution in [0.3, 0.4) is 0 Å². The second-order valence-corrected chi connectivity index (χ2v) is 7.61. The molecule has 0 atom stereocenters. The van der Waals surface area contributed by atoms with Gasteiger partial charge in [-0.15, -0.1) is 0 Å². The first-order valence-electron chi connectivity index (χ1n) is 10.3. The number of hydrogen-bond acceptors (Lipinski definition) is 4. The summed E-state index contributed by atoms with van der Waals surface area (Å²) in [6.07, 6.45) is 1.00. The number of fused-ring (bicyclic) bond motifs is 1. The molecular formula is C23H25N5O2S. The zero-order valence-corrected chi connectivity index (χ0v) is 18.4.